The number of primary amides is 1. The number of aliphatic hydroxyl groups is 4. The van der Waals surface area contributed by atoms with Crippen molar-refractivity contribution in [2.75, 3.05) is 47.8 Å². The first-order valence-electron chi connectivity index (χ1n) is 39.5. The van der Waals surface area contributed by atoms with E-state index < -0.39 is 179 Å². The average molecular weight is 2000 g/mol. The molecule has 2 aliphatic carbocycles. The van der Waals surface area contributed by atoms with Gasteiger partial charge in [-0.05, 0) is 122 Å². The number of hydrazine groups is 1. The number of nitrogens with two attached hydrogens (primary N) is 1. The molecule has 4 heterocycles. The number of carbonyl (C=O) groups excluding carboxylic acids is 9. The van der Waals surface area contributed by atoms with Crippen LogP contribution in [0, 0.1) is 34.2 Å². The molecule has 35 nitrogen and oxygen atoms in total. The lowest BCUT2D eigenvalue weighted by molar-refractivity contribution is -0.313. The van der Waals surface area contributed by atoms with E-state index in [0.717, 1.165) is 30.3 Å². The molecule has 2 aromatic rings. The number of ketones is 1. The third-order valence-electron chi connectivity index (χ3n) is 21.1. The lowest BCUT2D eigenvalue weighted by Gasteiger charge is -2.46. The molecule has 674 valence electrons. The standard InChI is InChI=1S/C80H115Br2IN10O25S3/c1-19-49(92(20-2)46(10)94)55(107-14)32-39(3)112-71-66(101)63(90-118-59-34-52(95)73(45(9)113-59)120-76(104)60-40(4)62(83)69(72(110-17)68(60)108-15)114-43(7)65(100)70(109-16)67-44(8)115-67)42(6)116-77(71)117-54-26-23-21-22-24-29-80(106)35-53(96)64(87-78(105)111-18)61(54)47(80)28-31-119-121-79(11,12)36-58(99)88-89-74(102)41(5)85-75(103)48(33-56(84)97)86-57(98)27-25-30-93-51(38-82)50(37-81)91(93)13/h21-22,28,39,41-45,48-49,52,54-55,59,63,65-67,70-71,73,77,90,95,100-101,106H,19-20,25,27,30-38H2,1-18H3,(H2,84,97)(H,85,103)(H,86,98)(H,87,105)(H,88,99)(H,89,102)/b22-21-,47-28+/t39?,41-,42?,43?,44?,45?,48-,49?,52?,54-,55?,59?,63?,65?,66?,67?,70?,71?,73?,77?,80-/m0/s1. The molecular weight excluding hydrogens is 1880 g/mol. The van der Waals surface area contributed by atoms with Crippen LogP contribution in [0.4, 0.5) is 4.79 Å². The van der Waals surface area contributed by atoms with Crippen molar-refractivity contribution in [2.24, 2.45) is 12.8 Å². The Morgan fingerprint density at radius 2 is 1.58 bits per heavy atom. The number of allylic oxidation sites excluding steroid dienone is 3. The molecule has 3 fully saturated rings. The number of nitrogens with zero attached hydrogens (tertiary/aromatic N) is 3. The van der Waals surface area contributed by atoms with Gasteiger partial charge in [0, 0.05) is 99.3 Å². The van der Waals surface area contributed by atoms with Crippen LogP contribution in [0.25, 0.3) is 0 Å². The van der Waals surface area contributed by atoms with Crippen molar-refractivity contribution in [3.63, 3.8) is 0 Å². The average Bonchev–Trinajstić information content (AvgIpc) is 1.65. The van der Waals surface area contributed by atoms with E-state index in [-0.39, 0.29) is 89.2 Å². The molecule has 2 bridgehead atoms. The summed E-state index contributed by atoms with van der Waals surface area (Å²) in [6.07, 6.45) is -12.6. The van der Waals surface area contributed by atoms with Gasteiger partial charge < -0.3 is 93.8 Å². The molecule has 12 N–H and O–H groups in total. The van der Waals surface area contributed by atoms with Crippen LogP contribution in [-0.4, -0.2) is 267 Å². The number of hydrogen-bond donors (Lipinski definition) is 11. The highest BCUT2D eigenvalue weighted by Crippen LogP contribution is 2.49. The third kappa shape index (κ3) is 26.5. The van der Waals surface area contributed by atoms with Crippen LogP contribution >= 0.6 is 87.8 Å². The van der Waals surface area contributed by atoms with Crippen LogP contribution in [0.15, 0.2) is 35.1 Å². The summed E-state index contributed by atoms with van der Waals surface area (Å²) >= 11 is 9.83. The lowest BCUT2D eigenvalue weighted by atomic mass is 9.75. The second-order valence-corrected chi connectivity index (χ2v) is 36.7. The number of alkyl halides is 2. The van der Waals surface area contributed by atoms with Crippen molar-refractivity contribution in [3.8, 4) is 40.9 Å². The molecule has 21 atom stereocenters. The monoisotopic (exact) mass is 2000 g/mol. The maximum Gasteiger partial charge on any atom is 0.411 e. The number of hydroxylamine groups is 1. The molecule has 3 saturated heterocycles. The zero-order valence-electron chi connectivity index (χ0n) is 71.1. The van der Waals surface area contributed by atoms with E-state index in [1.807, 2.05) is 59.8 Å². The van der Waals surface area contributed by atoms with E-state index in [4.69, 9.17) is 62.7 Å². The summed E-state index contributed by atoms with van der Waals surface area (Å²) < 4.78 is 70.7. The number of aromatic nitrogens is 2. The van der Waals surface area contributed by atoms with E-state index >= 15 is 0 Å². The Bertz CT molecular complexity index is 4230. The van der Waals surface area contributed by atoms with Crippen LogP contribution in [0.5, 0.6) is 17.2 Å². The largest absolute Gasteiger partial charge is 0.492 e. The van der Waals surface area contributed by atoms with Gasteiger partial charge in [0.1, 0.15) is 54.8 Å². The Morgan fingerprint density at radius 1 is 0.901 bits per heavy atom. The van der Waals surface area contributed by atoms with Gasteiger partial charge in [-0.2, -0.15) is 5.48 Å². The molecule has 121 heavy (non-hydrogen) atoms. The highest BCUT2D eigenvalue weighted by molar-refractivity contribution is 14.1. The number of rotatable bonds is 43. The van der Waals surface area contributed by atoms with E-state index in [1.54, 1.807) is 59.4 Å². The number of methoxy groups -OCH3 is 5. The molecule has 1 aromatic carbocycles. The number of fused-ring (bicyclic) bond motifs is 2. The first-order valence-corrected chi connectivity index (χ1v) is 46.0. The molecule has 7 rings (SSSR count). The maximum absolute atomic E-state index is 14.6. The van der Waals surface area contributed by atoms with Gasteiger partial charge in [0.25, 0.3) is 5.91 Å². The van der Waals surface area contributed by atoms with Crippen molar-refractivity contribution in [1.82, 2.24) is 46.5 Å². The summed E-state index contributed by atoms with van der Waals surface area (Å²) in [5.41, 5.74) is 12.9. The quantitative estimate of drug-likeness (QED) is 0.00765. The van der Waals surface area contributed by atoms with Crippen LogP contribution in [0.1, 0.15) is 155 Å². The summed E-state index contributed by atoms with van der Waals surface area (Å²) in [6, 6.07) is -4.29. The second-order valence-electron chi connectivity index (χ2n) is 30.3. The number of epoxide rings is 1. The van der Waals surface area contributed by atoms with Gasteiger partial charge in [-0.15, -0.1) is 0 Å². The Labute approximate surface area is 748 Å². The number of Topliss-reactive ketones (excluding diaryl/α,β-unsaturated/α-hetero) is 1. The molecule has 3 aliphatic heterocycles. The van der Waals surface area contributed by atoms with E-state index in [0.29, 0.717) is 45.7 Å². The number of benzene rings is 1. The minimum absolute atomic E-state index is 0.0147. The summed E-state index contributed by atoms with van der Waals surface area (Å²) in [6.45, 7) is 21.2. The summed E-state index contributed by atoms with van der Waals surface area (Å²) in [4.78, 5) is 129. The van der Waals surface area contributed by atoms with Gasteiger partial charge in [-0.3, -0.25) is 68.7 Å². The molecule has 0 spiro atoms. The summed E-state index contributed by atoms with van der Waals surface area (Å²) in [5, 5.41) is 56.3. The highest BCUT2D eigenvalue weighted by atomic mass is 127. The number of alkyl carbamates (subject to hydrolysis) is 1. The van der Waals surface area contributed by atoms with Gasteiger partial charge in [-0.25, -0.2) is 4.79 Å². The van der Waals surface area contributed by atoms with Crippen molar-refractivity contribution in [1.29, 1.82) is 0 Å². The zero-order valence-corrected chi connectivity index (χ0v) is 78.9. The fourth-order valence-electron chi connectivity index (χ4n) is 14.7. The van der Waals surface area contributed by atoms with Gasteiger partial charge in [-0.1, -0.05) is 102 Å². The van der Waals surface area contributed by atoms with Crippen molar-refractivity contribution < 1.29 is 121 Å². The Kier molecular flexibility index (Phi) is 39.6. The van der Waals surface area contributed by atoms with E-state index in [9.17, 15) is 63.6 Å². The van der Waals surface area contributed by atoms with Crippen LogP contribution in [-0.2, 0) is 101 Å². The number of nitrogens with one attached hydrogen (secondary N) is 6. The van der Waals surface area contributed by atoms with Gasteiger partial charge in [0.15, 0.2) is 35.5 Å². The Morgan fingerprint density at radius 3 is 2.17 bits per heavy atom. The summed E-state index contributed by atoms with van der Waals surface area (Å²) in [5.74, 6) is 7.11. The SMILES string of the molecule is CCC(C(CC(C)OC1C(O[C@H]2C#C/C=C\C#C[C@]3(O)CC(=O)C(NC(=O)OC)=C2/C3=C\CSSC(C)(C)CC(=O)NNC(=O)[C@H](C)NC(=O)[C@H](CC(N)=O)NC(=O)CCCn2c(CBr)c(CBr)n2C)OC(C)C(NOC2CC(O)C(SC(=O)c3c(C)c(I)c(OC(C)C(O)C(OC)C4OC4C)c(OC)c3OC)C(C)O2)C1O)OC)N(CC)C(C)=O. The number of aliphatic hydroxyl groups excluding tert-OH is 3. The number of likely N-dealkylation sites (N-methyl/N-ethyl adjacent to an activating group) is 1. The van der Waals surface area contributed by atoms with Crippen molar-refractivity contribution >= 4 is 140 Å². The number of hydrogen-bond acceptors (Lipinski definition) is 29. The topological polar surface area (TPSA) is 460 Å². The van der Waals surface area contributed by atoms with Gasteiger partial charge in [0.2, 0.25) is 40.4 Å². The fourth-order valence-corrected chi connectivity index (χ4v) is 20.2. The second kappa shape index (κ2) is 47.0. The predicted molar refractivity (Wildman–Crippen MR) is 465 cm³/mol. The molecule has 0 saturated carbocycles. The van der Waals surface area contributed by atoms with Crippen molar-refractivity contribution in [3.05, 3.63) is 61.2 Å². The highest BCUT2D eigenvalue weighted by Gasteiger charge is 2.52. The fraction of sp³-hybridized carbons (Fsp3) is 0.662. The third-order valence-corrected chi connectivity index (χ3v) is 28.0. The molecule has 17 unspecified atom stereocenters. The van der Waals surface area contributed by atoms with Crippen molar-refractivity contribution in [2.45, 2.75) is 283 Å². The number of thioether (sulfide) groups is 1. The normalized spacial score (nSPS) is 25.9. The zero-order chi connectivity index (χ0) is 89.8. The molecule has 7 amide bonds. The Hall–Kier alpha value is -6.05. The number of carbonyl (C=O) groups is 9. The van der Waals surface area contributed by atoms with Gasteiger partial charge in [0.05, 0.1) is 114 Å². The predicted octanol–water partition coefficient (Wildman–Crippen LogP) is 5.28. The molecular formula is C80H115Br2IN10O25S3. The van der Waals surface area contributed by atoms with Gasteiger partial charge >= 0.3 is 6.09 Å². The lowest BCUT2D eigenvalue weighted by Crippen LogP contribution is -2.64. The Balaban J connectivity index is 1.08. The molecule has 5 aliphatic rings. The first kappa shape index (κ1) is 102. The van der Waals surface area contributed by atoms with Crippen LogP contribution in [0.3, 0.4) is 0 Å². The smallest absolute Gasteiger partial charge is 0.411 e. The number of ether oxygens (including phenoxy) is 11. The number of halogens is 3. The molecule has 0 radical (unpaired) electrons. The minimum Gasteiger partial charge on any atom is -0.492 e. The first-order chi connectivity index (χ1) is 57.2. The molecule has 1 aromatic heterocycles. The molecule has 41 heteroatoms. The maximum atomic E-state index is 14.6. The number of amides is 7. The van der Waals surface area contributed by atoms with E-state index in [1.165, 1.54) is 76.0 Å². The van der Waals surface area contributed by atoms with Crippen LogP contribution in [0.2, 0.25) is 0 Å². The van der Waals surface area contributed by atoms with Crippen LogP contribution < -0.4 is 52.2 Å². The summed E-state index contributed by atoms with van der Waals surface area (Å²) in [7, 11) is 11.2. The van der Waals surface area contributed by atoms with E-state index in [2.05, 4.69) is 87.8 Å². The minimum atomic E-state index is -2.29.